The number of nitrogens with one attached hydrogen (secondary N) is 2. The van der Waals surface area contributed by atoms with Crippen LogP contribution in [0.4, 0.5) is 5.69 Å². The molecule has 0 radical (unpaired) electrons. The molecule has 6 nitrogen and oxygen atoms in total. The Labute approximate surface area is 175 Å². The van der Waals surface area contributed by atoms with Crippen LogP contribution in [0.2, 0.25) is 0 Å². The maximum atomic E-state index is 12.1. The van der Waals surface area contributed by atoms with Gasteiger partial charge in [0, 0.05) is 17.7 Å². The topological polar surface area (TPSA) is 83.8 Å². The summed E-state index contributed by atoms with van der Waals surface area (Å²) in [5.41, 5.74) is 6.04. The smallest absolute Gasteiger partial charge is 0.231 e. The Balaban J connectivity index is 1.51. The molecule has 0 saturated heterocycles. The van der Waals surface area contributed by atoms with Crippen LogP contribution in [0.25, 0.3) is 33.8 Å². The third kappa shape index (κ3) is 4.27. The lowest BCUT2D eigenvalue weighted by molar-refractivity contribution is -0.116. The predicted molar refractivity (Wildman–Crippen MR) is 119 cm³/mol. The highest BCUT2D eigenvalue weighted by atomic mass is 16.3. The molecule has 0 aliphatic carbocycles. The number of carbonyl (C=O) groups excluding carboxylic acids is 1. The molecule has 0 saturated carbocycles. The number of oxazole rings is 1. The van der Waals surface area contributed by atoms with Gasteiger partial charge in [-0.2, -0.15) is 5.10 Å². The van der Waals surface area contributed by atoms with E-state index in [1.165, 1.54) is 0 Å². The summed E-state index contributed by atoms with van der Waals surface area (Å²) in [6.45, 7) is 6.35. The predicted octanol–water partition coefficient (Wildman–Crippen LogP) is 5.96. The van der Waals surface area contributed by atoms with Gasteiger partial charge in [0.15, 0.2) is 5.58 Å². The number of anilines is 1. The number of H-pyrrole nitrogens is 1. The first-order chi connectivity index (χ1) is 14.5. The number of aromatic amines is 1. The van der Waals surface area contributed by atoms with Crippen molar-refractivity contribution >= 4 is 22.7 Å². The fraction of sp³-hybridized carbons (Fsp3) is 0.292. The molecule has 4 rings (SSSR count). The number of carbonyl (C=O) groups is 1. The summed E-state index contributed by atoms with van der Waals surface area (Å²) in [5.74, 6) is 1.20. The van der Waals surface area contributed by atoms with Crippen molar-refractivity contribution in [3.8, 4) is 22.7 Å². The number of aryl methyl sites for hydroxylation is 1. The van der Waals surface area contributed by atoms with Crippen LogP contribution < -0.4 is 5.32 Å². The highest BCUT2D eigenvalue weighted by Crippen LogP contribution is 2.32. The van der Waals surface area contributed by atoms with Crippen LogP contribution >= 0.6 is 0 Å². The first-order valence-electron chi connectivity index (χ1n) is 10.3. The lowest BCUT2D eigenvalue weighted by Crippen LogP contribution is -2.11. The molecule has 30 heavy (non-hydrogen) atoms. The number of fused-ring (bicyclic) bond motifs is 1. The number of para-hydroxylation sites is 1. The molecule has 1 amide bonds. The lowest BCUT2D eigenvalue weighted by atomic mass is 10.1. The van der Waals surface area contributed by atoms with E-state index < -0.39 is 0 Å². The molecule has 0 aliphatic rings. The normalized spacial score (nSPS) is 11.3. The first-order valence-corrected chi connectivity index (χ1v) is 10.3. The van der Waals surface area contributed by atoms with Crippen molar-refractivity contribution in [1.29, 1.82) is 0 Å². The van der Waals surface area contributed by atoms with Gasteiger partial charge in [-0.15, -0.1) is 0 Å². The molecule has 2 aromatic carbocycles. The van der Waals surface area contributed by atoms with Crippen LogP contribution in [0, 0.1) is 12.8 Å². The molecule has 6 heteroatoms. The SMILES string of the molecule is Cc1cccc2oc(-c3cn[nH]c3-c3ccc(NC(=O)CCCC(C)C)cc3)nc12. The van der Waals surface area contributed by atoms with Crippen LogP contribution in [0.3, 0.4) is 0 Å². The van der Waals surface area contributed by atoms with Crippen LogP contribution in [-0.4, -0.2) is 21.1 Å². The third-order valence-electron chi connectivity index (χ3n) is 5.13. The van der Waals surface area contributed by atoms with Gasteiger partial charge in [0.25, 0.3) is 0 Å². The second kappa shape index (κ2) is 8.53. The van der Waals surface area contributed by atoms with E-state index in [4.69, 9.17) is 4.42 Å². The van der Waals surface area contributed by atoms with Crippen molar-refractivity contribution in [2.45, 2.75) is 40.0 Å². The van der Waals surface area contributed by atoms with Crippen molar-refractivity contribution in [1.82, 2.24) is 15.2 Å². The quantitative estimate of drug-likeness (QED) is 0.399. The van der Waals surface area contributed by atoms with Gasteiger partial charge >= 0.3 is 0 Å². The maximum absolute atomic E-state index is 12.1. The average molecular weight is 402 g/mol. The Morgan fingerprint density at radius 1 is 1.17 bits per heavy atom. The van der Waals surface area contributed by atoms with Gasteiger partial charge in [0.2, 0.25) is 11.8 Å². The van der Waals surface area contributed by atoms with E-state index in [0.29, 0.717) is 18.2 Å². The molecule has 2 N–H and O–H groups in total. The maximum Gasteiger partial charge on any atom is 0.231 e. The average Bonchev–Trinajstić information content (AvgIpc) is 3.36. The molecule has 4 aromatic rings. The number of benzene rings is 2. The fourth-order valence-corrected chi connectivity index (χ4v) is 3.48. The number of rotatable bonds is 7. The standard InChI is InChI=1S/C24H26N4O2/c1-15(2)6-4-9-21(29)26-18-12-10-17(11-13-18)23-19(14-25-28-23)24-27-22-16(3)7-5-8-20(22)30-24/h5,7-8,10-15H,4,6,9H2,1-3H3,(H,25,28)(H,26,29). The Hall–Kier alpha value is -3.41. The molecule has 154 valence electrons. The van der Waals surface area contributed by atoms with E-state index in [2.05, 4.69) is 34.3 Å². The Morgan fingerprint density at radius 3 is 2.70 bits per heavy atom. The minimum Gasteiger partial charge on any atom is -0.436 e. The molecule has 2 aromatic heterocycles. The number of aromatic nitrogens is 3. The van der Waals surface area contributed by atoms with Crippen LogP contribution in [0.1, 0.15) is 38.7 Å². The summed E-state index contributed by atoms with van der Waals surface area (Å²) in [4.78, 5) is 16.8. The van der Waals surface area contributed by atoms with Gasteiger partial charge in [-0.3, -0.25) is 9.89 Å². The lowest BCUT2D eigenvalue weighted by Gasteiger charge is -2.07. The summed E-state index contributed by atoms with van der Waals surface area (Å²) in [6, 6.07) is 13.6. The van der Waals surface area contributed by atoms with Crippen LogP contribution in [-0.2, 0) is 4.79 Å². The van der Waals surface area contributed by atoms with Crippen molar-refractivity contribution in [3.63, 3.8) is 0 Å². The minimum absolute atomic E-state index is 0.0486. The second-order valence-electron chi connectivity index (χ2n) is 8.01. The molecule has 0 bridgehead atoms. The Morgan fingerprint density at radius 2 is 1.97 bits per heavy atom. The van der Waals surface area contributed by atoms with Crippen LogP contribution in [0.5, 0.6) is 0 Å². The molecule has 0 spiro atoms. The summed E-state index contributed by atoms with van der Waals surface area (Å²) in [5, 5.41) is 10.2. The van der Waals surface area contributed by atoms with Crippen molar-refractivity contribution in [2.24, 2.45) is 5.92 Å². The van der Waals surface area contributed by atoms with Crippen LogP contribution in [0.15, 0.2) is 53.1 Å². The van der Waals surface area contributed by atoms with E-state index in [1.54, 1.807) is 6.20 Å². The zero-order valence-corrected chi connectivity index (χ0v) is 17.5. The molecular weight excluding hydrogens is 376 g/mol. The monoisotopic (exact) mass is 402 g/mol. The molecule has 0 unspecified atom stereocenters. The van der Waals surface area contributed by atoms with Gasteiger partial charge in [-0.1, -0.05) is 44.5 Å². The zero-order valence-electron chi connectivity index (χ0n) is 17.5. The number of nitrogens with zero attached hydrogens (tertiary/aromatic N) is 2. The molecule has 0 aliphatic heterocycles. The first kappa shape index (κ1) is 19.9. The number of hydrogen-bond donors (Lipinski definition) is 2. The van der Waals surface area contributed by atoms with Crippen molar-refractivity contribution in [2.75, 3.05) is 5.32 Å². The van der Waals surface area contributed by atoms with Crippen molar-refractivity contribution < 1.29 is 9.21 Å². The van der Waals surface area contributed by atoms with E-state index in [-0.39, 0.29) is 5.91 Å². The van der Waals surface area contributed by atoms with Gasteiger partial charge in [-0.25, -0.2) is 4.98 Å². The van der Waals surface area contributed by atoms with Gasteiger partial charge in [0.1, 0.15) is 5.52 Å². The number of hydrogen-bond acceptors (Lipinski definition) is 4. The Bertz CT molecular complexity index is 1160. The highest BCUT2D eigenvalue weighted by molar-refractivity contribution is 5.91. The third-order valence-corrected chi connectivity index (χ3v) is 5.13. The number of amides is 1. The Kier molecular flexibility index (Phi) is 5.65. The van der Waals surface area contributed by atoms with Gasteiger partial charge in [0.05, 0.1) is 17.5 Å². The summed E-state index contributed by atoms with van der Waals surface area (Å²) in [6.07, 6.45) is 4.23. The van der Waals surface area contributed by atoms with E-state index in [0.717, 1.165) is 52.0 Å². The van der Waals surface area contributed by atoms with Crippen molar-refractivity contribution in [3.05, 3.63) is 54.2 Å². The van der Waals surface area contributed by atoms with E-state index in [1.807, 2.05) is 49.4 Å². The summed E-state index contributed by atoms with van der Waals surface area (Å²) >= 11 is 0. The molecular formula is C24H26N4O2. The fourth-order valence-electron chi connectivity index (χ4n) is 3.48. The second-order valence-corrected chi connectivity index (χ2v) is 8.01. The largest absolute Gasteiger partial charge is 0.436 e. The summed E-state index contributed by atoms with van der Waals surface area (Å²) < 4.78 is 5.96. The molecule has 2 heterocycles. The summed E-state index contributed by atoms with van der Waals surface area (Å²) in [7, 11) is 0. The van der Waals surface area contributed by atoms with Gasteiger partial charge in [-0.05, 0) is 43.0 Å². The highest BCUT2D eigenvalue weighted by Gasteiger charge is 2.16. The van der Waals surface area contributed by atoms with E-state index >= 15 is 0 Å². The zero-order chi connectivity index (χ0) is 21.1. The van der Waals surface area contributed by atoms with E-state index in [9.17, 15) is 4.79 Å². The molecule has 0 fully saturated rings. The van der Waals surface area contributed by atoms with Gasteiger partial charge < -0.3 is 9.73 Å². The minimum atomic E-state index is 0.0486. The molecule has 0 atom stereocenters.